The summed E-state index contributed by atoms with van der Waals surface area (Å²) < 4.78 is 11.0. The maximum absolute atomic E-state index is 12.2. The Hall–Kier alpha value is -3.10. The molecule has 8 heteroatoms. The zero-order valence-corrected chi connectivity index (χ0v) is 19.2. The fraction of sp³-hybridized carbons (Fsp3) is 0.333. The summed E-state index contributed by atoms with van der Waals surface area (Å²) in [5, 5.41) is 4.79. The molecular formula is C24H28N4O3S. The van der Waals surface area contributed by atoms with Gasteiger partial charge in [-0.3, -0.25) is 9.69 Å². The molecule has 2 aromatic heterocycles. The number of nitrogens with zero attached hydrogens (tertiary/aromatic N) is 3. The van der Waals surface area contributed by atoms with E-state index in [9.17, 15) is 4.79 Å². The van der Waals surface area contributed by atoms with Crippen LogP contribution < -0.4 is 19.7 Å². The molecule has 1 fully saturated rings. The molecule has 0 atom stereocenters. The number of hydrogen-bond acceptors (Lipinski definition) is 7. The highest BCUT2D eigenvalue weighted by Gasteiger charge is 2.19. The second-order valence-corrected chi connectivity index (χ2v) is 8.55. The lowest BCUT2D eigenvalue weighted by atomic mass is 10.1. The molecule has 0 saturated carbocycles. The fourth-order valence-corrected chi connectivity index (χ4v) is 4.54. The van der Waals surface area contributed by atoms with Crippen LogP contribution in [0.1, 0.15) is 21.7 Å². The summed E-state index contributed by atoms with van der Waals surface area (Å²) in [4.78, 5) is 22.2. The van der Waals surface area contributed by atoms with E-state index in [1.165, 1.54) is 11.3 Å². The van der Waals surface area contributed by atoms with E-state index in [2.05, 4.69) is 26.2 Å². The predicted octanol–water partition coefficient (Wildman–Crippen LogP) is 4.12. The minimum atomic E-state index is -0.104. The molecule has 1 N–H and O–H groups in total. The Labute approximate surface area is 192 Å². The highest BCUT2D eigenvalue weighted by molar-refractivity contribution is 7.12. The smallest absolute Gasteiger partial charge is 0.265 e. The molecule has 1 saturated heterocycles. The number of benzene rings is 1. The molecule has 0 unspecified atom stereocenters. The van der Waals surface area contributed by atoms with Crippen molar-refractivity contribution >= 4 is 28.7 Å². The highest BCUT2D eigenvalue weighted by Crippen LogP contribution is 2.31. The third-order valence-electron chi connectivity index (χ3n) is 5.54. The summed E-state index contributed by atoms with van der Waals surface area (Å²) in [6.07, 6.45) is 2.77. The SMILES string of the molecule is COc1cccc(CN2CCCN(c3ccc(NC(=O)c4cccs4)cn3)CC2)c1OC. The van der Waals surface area contributed by atoms with Crippen LogP contribution in [0.25, 0.3) is 0 Å². The molecule has 32 heavy (non-hydrogen) atoms. The van der Waals surface area contributed by atoms with Gasteiger partial charge < -0.3 is 19.7 Å². The van der Waals surface area contributed by atoms with Crippen molar-refractivity contribution in [2.45, 2.75) is 13.0 Å². The molecule has 1 aromatic carbocycles. The van der Waals surface area contributed by atoms with Gasteiger partial charge in [0.25, 0.3) is 5.91 Å². The van der Waals surface area contributed by atoms with E-state index in [0.717, 1.165) is 62.0 Å². The van der Waals surface area contributed by atoms with Gasteiger partial charge in [0.05, 0.1) is 31.0 Å². The van der Waals surface area contributed by atoms with Crippen molar-refractivity contribution in [3.63, 3.8) is 0 Å². The number of pyridine rings is 1. The summed E-state index contributed by atoms with van der Waals surface area (Å²) in [7, 11) is 3.35. The molecule has 7 nitrogen and oxygen atoms in total. The number of rotatable bonds is 7. The normalized spacial score (nSPS) is 14.6. The van der Waals surface area contributed by atoms with Crippen molar-refractivity contribution in [3.8, 4) is 11.5 Å². The average molecular weight is 453 g/mol. The van der Waals surface area contributed by atoms with Gasteiger partial charge in [0, 0.05) is 38.3 Å². The van der Waals surface area contributed by atoms with E-state index < -0.39 is 0 Å². The van der Waals surface area contributed by atoms with E-state index in [1.807, 2.05) is 41.8 Å². The Morgan fingerprint density at radius 3 is 2.69 bits per heavy atom. The van der Waals surface area contributed by atoms with Gasteiger partial charge in [-0.05, 0) is 36.1 Å². The van der Waals surface area contributed by atoms with E-state index >= 15 is 0 Å². The van der Waals surface area contributed by atoms with Gasteiger partial charge in [0.2, 0.25) is 0 Å². The van der Waals surface area contributed by atoms with E-state index in [0.29, 0.717) is 10.6 Å². The summed E-state index contributed by atoms with van der Waals surface area (Å²) in [5.74, 6) is 2.39. The number of ether oxygens (including phenoxy) is 2. The Balaban J connectivity index is 1.36. The minimum absolute atomic E-state index is 0.104. The molecule has 4 rings (SSSR count). The summed E-state index contributed by atoms with van der Waals surface area (Å²) in [5.41, 5.74) is 1.83. The number of carbonyl (C=O) groups is 1. The average Bonchev–Trinajstić information content (AvgIpc) is 3.27. The molecule has 1 aliphatic heterocycles. The lowest BCUT2D eigenvalue weighted by Crippen LogP contribution is -2.31. The number of methoxy groups -OCH3 is 2. The minimum Gasteiger partial charge on any atom is -0.493 e. The maximum Gasteiger partial charge on any atom is 0.265 e. The lowest BCUT2D eigenvalue weighted by Gasteiger charge is -2.23. The van der Waals surface area contributed by atoms with Gasteiger partial charge in [-0.25, -0.2) is 4.98 Å². The van der Waals surface area contributed by atoms with Gasteiger partial charge in [-0.2, -0.15) is 0 Å². The number of amides is 1. The number of anilines is 2. The molecule has 0 aliphatic carbocycles. The highest BCUT2D eigenvalue weighted by atomic mass is 32.1. The lowest BCUT2D eigenvalue weighted by molar-refractivity contribution is 0.103. The number of para-hydroxylation sites is 1. The van der Waals surface area contributed by atoms with Crippen LogP contribution >= 0.6 is 11.3 Å². The Kier molecular flexibility index (Phi) is 7.24. The van der Waals surface area contributed by atoms with Crippen LogP contribution in [-0.2, 0) is 6.54 Å². The molecule has 3 heterocycles. The van der Waals surface area contributed by atoms with Crippen LogP contribution in [0.4, 0.5) is 11.5 Å². The fourth-order valence-electron chi connectivity index (χ4n) is 3.92. The summed E-state index contributed by atoms with van der Waals surface area (Å²) in [6, 6.07) is 13.6. The first-order chi connectivity index (χ1) is 15.7. The molecule has 3 aromatic rings. The van der Waals surface area contributed by atoms with Gasteiger partial charge in [0.1, 0.15) is 5.82 Å². The van der Waals surface area contributed by atoms with Crippen LogP contribution in [0.3, 0.4) is 0 Å². The summed E-state index contributed by atoms with van der Waals surface area (Å²) >= 11 is 1.42. The topological polar surface area (TPSA) is 66.9 Å². The van der Waals surface area contributed by atoms with E-state index in [1.54, 1.807) is 20.4 Å². The molecular weight excluding hydrogens is 424 g/mol. The van der Waals surface area contributed by atoms with E-state index in [-0.39, 0.29) is 5.91 Å². The Morgan fingerprint density at radius 2 is 1.97 bits per heavy atom. The van der Waals surface area contributed by atoms with Crippen molar-refractivity contribution in [3.05, 3.63) is 64.5 Å². The van der Waals surface area contributed by atoms with Crippen LogP contribution in [0.5, 0.6) is 11.5 Å². The third-order valence-corrected chi connectivity index (χ3v) is 6.41. The number of carbonyl (C=O) groups excluding carboxylic acids is 1. The standard InChI is InChI=1S/C24H28N4O3S/c1-30-20-7-3-6-18(23(20)31-2)17-27-11-5-12-28(14-13-27)22-10-9-19(16-25-22)26-24(29)21-8-4-15-32-21/h3-4,6-10,15-16H,5,11-14,17H2,1-2H3,(H,26,29). The summed E-state index contributed by atoms with van der Waals surface area (Å²) in [6.45, 7) is 4.58. The first-order valence-electron chi connectivity index (χ1n) is 10.7. The molecule has 168 valence electrons. The van der Waals surface area contributed by atoms with E-state index in [4.69, 9.17) is 9.47 Å². The van der Waals surface area contributed by atoms with Crippen molar-refractivity contribution in [1.82, 2.24) is 9.88 Å². The second kappa shape index (κ2) is 10.5. The second-order valence-electron chi connectivity index (χ2n) is 7.61. The zero-order valence-electron chi connectivity index (χ0n) is 18.4. The van der Waals surface area contributed by atoms with Crippen molar-refractivity contribution in [2.75, 3.05) is 50.6 Å². The van der Waals surface area contributed by atoms with Gasteiger partial charge in [-0.1, -0.05) is 18.2 Å². The van der Waals surface area contributed by atoms with Gasteiger partial charge >= 0.3 is 0 Å². The zero-order chi connectivity index (χ0) is 22.3. The molecule has 0 radical (unpaired) electrons. The predicted molar refractivity (Wildman–Crippen MR) is 128 cm³/mol. The van der Waals surface area contributed by atoms with Crippen molar-refractivity contribution < 1.29 is 14.3 Å². The van der Waals surface area contributed by atoms with Crippen molar-refractivity contribution in [1.29, 1.82) is 0 Å². The number of thiophene rings is 1. The van der Waals surface area contributed by atoms with Gasteiger partial charge in [0.15, 0.2) is 11.5 Å². The van der Waals surface area contributed by atoms with Gasteiger partial charge in [-0.15, -0.1) is 11.3 Å². The first-order valence-corrected chi connectivity index (χ1v) is 11.5. The van der Waals surface area contributed by atoms with Crippen molar-refractivity contribution in [2.24, 2.45) is 0 Å². The largest absolute Gasteiger partial charge is 0.493 e. The molecule has 0 bridgehead atoms. The third kappa shape index (κ3) is 5.20. The number of nitrogens with one attached hydrogen (secondary N) is 1. The Morgan fingerprint density at radius 1 is 1.06 bits per heavy atom. The van der Waals surface area contributed by atoms with Crippen LogP contribution in [-0.4, -0.2) is 56.2 Å². The monoisotopic (exact) mass is 452 g/mol. The quantitative estimate of drug-likeness (QED) is 0.582. The Bertz CT molecular complexity index is 1020. The molecule has 0 spiro atoms. The van der Waals surface area contributed by atoms with Crippen LogP contribution in [0.2, 0.25) is 0 Å². The molecule has 1 amide bonds. The molecule has 1 aliphatic rings. The first kappa shape index (κ1) is 22.1. The van der Waals surface area contributed by atoms with Crippen LogP contribution in [0.15, 0.2) is 54.0 Å². The van der Waals surface area contributed by atoms with Crippen LogP contribution in [0, 0.1) is 0 Å². The number of hydrogen-bond donors (Lipinski definition) is 1. The maximum atomic E-state index is 12.2. The number of aromatic nitrogens is 1.